The maximum Gasteiger partial charge on any atom is 0.242 e. The average molecular weight is 441 g/mol. The van der Waals surface area contributed by atoms with Crippen molar-refractivity contribution in [1.82, 2.24) is 10.2 Å². The number of nitrogens with zero attached hydrogens (tertiary/aromatic N) is 1. The molecule has 2 aromatic carbocycles. The molecule has 0 aliphatic carbocycles. The molecule has 6 nitrogen and oxygen atoms in total. The fourth-order valence-electron chi connectivity index (χ4n) is 3.55. The third-order valence-corrected chi connectivity index (χ3v) is 5.34. The summed E-state index contributed by atoms with van der Waals surface area (Å²) in [5, 5.41) is 2.99. The molecule has 0 spiro atoms. The first-order chi connectivity index (χ1) is 15.4. The smallest absolute Gasteiger partial charge is 0.242 e. The quantitative estimate of drug-likeness (QED) is 0.537. The van der Waals surface area contributed by atoms with E-state index in [1.54, 1.807) is 19.1 Å². The van der Waals surface area contributed by atoms with Gasteiger partial charge in [0.15, 0.2) is 11.5 Å². The van der Waals surface area contributed by atoms with E-state index >= 15 is 0 Å². The van der Waals surface area contributed by atoms with E-state index in [0.29, 0.717) is 49.8 Å². The molecule has 0 saturated heterocycles. The van der Waals surface area contributed by atoms with Crippen molar-refractivity contribution in [1.29, 1.82) is 0 Å². The van der Waals surface area contributed by atoms with E-state index < -0.39 is 6.04 Å². The SMILES string of the molecule is CC[C@H](C(=O)NCC(C)C)N(Cc1ccccc1)C(=O)CCc1ccc(OC)c(OC)c1. The molecule has 174 valence electrons. The molecule has 2 rings (SSSR count). The Morgan fingerprint density at radius 3 is 2.25 bits per heavy atom. The Morgan fingerprint density at radius 1 is 0.969 bits per heavy atom. The van der Waals surface area contributed by atoms with Gasteiger partial charge in [-0.15, -0.1) is 0 Å². The lowest BCUT2D eigenvalue weighted by Gasteiger charge is -2.31. The molecule has 2 aromatic rings. The minimum atomic E-state index is -0.508. The number of carbonyl (C=O) groups excluding carboxylic acids is 2. The standard InChI is InChI=1S/C26H36N2O4/c1-6-22(26(30)27-17-19(2)3)28(18-21-10-8-7-9-11-21)25(29)15-13-20-12-14-23(31-4)24(16-20)32-5/h7-12,14,16,19,22H,6,13,15,17-18H2,1-5H3,(H,27,30)/t22-/m1/s1. The van der Waals surface area contributed by atoms with Crippen LogP contribution in [0.15, 0.2) is 48.5 Å². The fourth-order valence-corrected chi connectivity index (χ4v) is 3.55. The van der Waals surface area contributed by atoms with Gasteiger partial charge >= 0.3 is 0 Å². The van der Waals surface area contributed by atoms with Gasteiger partial charge in [0.25, 0.3) is 0 Å². The second kappa shape index (κ2) is 12.7. The van der Waals surface area contributed by atoms with Gasteiger partial charge < -0.3 is 19.7 Å². The van der Waals surface area contributed by atoms with Crippen molar-refractivity contribution in [2.45, 2.75) is 52.6 Å². The molecule has 0 aliphatic heterocycles. The van der Waals surface area contributed by atoms with Crippen LogP contribution in [-0.4, -0.2) is 43.5 Å². The molecule has 2 amide bonds. The monoisotopic (exact) mass is 440 g/mol. The van der Waals surface area contributed by atoms with Crippen LogP contribution in [-0.2, 0) is 22.6 Å². The summed E-state index contributed by atoms with van der Waals surface area (Å²) in [7, 11) is 3.19. The molecular weight excluding hydrogens is 404 g/mol. The Morgan fingerprint density at radius 2 is 1.66 bits per heavy atom. The van der Waals surface area contributed by atoms with Crippen LogP contribution in [0.2, 0.25) is 0 Å². The number of carbonyl (C=O) groups is 2. The second-order valence-electron chi connectivity index (χ2n) is 8.26. The topological polar surface area (TPSA) is 67.9 Å². The predicted octanol–water partition coefficient (Wildman–Crippen LogP) is 4.22. The maximum absolute atomic E-state index is 13.3. The van der Waals surface area contributed by atoms with Crippen molar-refractivity contribution < 1.29 is 19.1 Å². The van der Waals surface area contributed by atoms with Gasteiger partial charge in [-0.05, 0) is 42.0 Å². The molecule has 0 aliphatic rings. The Kier molecular flexibility index (Phi) is 10.1. The number of amides is 2. The van der Waals surface area contributed by atoms with Gasteiger partial charge in [0.2, 0.25) is 11.8 Å². The number of rotatable bonds is 12. The van der Waals surface area contributed by atoms with E-state index in [4.69, 9.17) is 9.47 Å². The number of nitrogens with one attached hydrogen (secondary N) is 1. The molecule has 0 aromatic heterocycles. The zero-order chi connectivity index (χ0) is 23.5. The predicted molar refractivity (Wildman–Crippen MR) is 127 cm³/mol. The summed E-state index contributed by atoms with van der Waals surface area (Å²) in [5.74, 6) is 1.49. The van der Waals surface area contributed by atoms with Crippen LogP contribution in [0.5, 0.6) is 11.5 Å². The number of benzene rings is 2. The van der Waals surface area contributed by atoms with Gasteiger partial charge in [-0.2, -0.15) is 0 Å². The van der Waals surface area contributed by atoms with Crippen LogP contribution in [0.3, 0.4) is 0 Å². The van der Waals surface area contributed by atoms with Gasteiger partial charge in [-0.3, -0.25) is 9.59 Å². The zero-order valence-corrected chi connectivity index (χ0v) is 19.9. The first kappa shape index (κ1) is 25.2. The van der Waals surface area contributed by atoms with Gasteiger partial charge in [-0.25, -0.2) is 0 Å². The van der Waals surface area contributed by atoms with E-state index in [9.17, 15) is 9.59 Å². The van der Waals surface area contributed by atoms with E-state index in [2.05, 4.69) is 19.2 Å². The zero-order valence-electron chi connectivity index (χ0n) is 19.9. The highest BCUT2D eigenvalue weighted by Crippen LogP contribution is 2.28. The summed E-state index contributed by atoms with van der Waals surface area (Å²) in [6.07, 6.45) is 1.41. The summed E-state index contributed by atoms with van der Waals surface area (Å²) in [6, 6.07) is 15.0. The third-order valence-electron chi connectivity index (χ3n) is 5.34. The van der Waals surface area contributed by atoms with E-state index in [0.717, 1.165) is 11.1 Å². The van der Waals surface area contributed by atoms with Crippen molar-refractivity contribution >= 4 is 11.8 Å². The lowest BCUT2D eigenvalue weighted by atomic mass is 10.1. The summed E-state index contributed by atoms with van der Waals surface area (Å²) in [4.78, 5) is 28.0. The minimum absolute atomic E-state index is 0.0461. The first-order valence-corrected chi connectivity index (χ1v) is 11.2. The van der Waals surface area contributed by atoms with E-state index in [1.165, 1.54) is 0 Å². The van der Waals surface area contributed by atoms with Crippen LogP contribution in [0.4, 0.5) is 0 Å². The highest BCUT2D eigenvalue weighted by atomic mass is 16.5. The Labute approximate surface area is 191 Å². The van der Waals surface area contributed by atoms with Gasteiger partial charge in [0.1, 0.15) is 6.04 Å². The molecule has 0 unspecified atom stereocenters. The van der Waals surface area contributed by atoms with Crippen molar-refractivity contribution in [2.75, 3.05) is 20.8 Å². The van der Waals surface area contributed by atoms with Gasteiger partial charge in [0, 0.05) is 19.5 Å². The lowest BCUT2D eigenvalue weighted by molar-refractivity contribution is -0.141. The molecular formula is C26H36N2O4. The Bertz CT molecular complexity index is 867. The summed E-state index contributed by atoms with van der Waals surface area (Å²) < 4.78 is 10.7. The molecule has 6 heteroatoms. The number of hydrogen-bond acceptors (Lipinski definition) is 4. The Balaban J connectivity index is 2.18. The van der Waals surface area contributed by atoms with E-state index in [-0.39, 0.29) is 11.8 Å². The van der Waals surface area contributed by atoms with Gasteiger partial charge in [-0.1, -0.05) is 57.2 Å². The van der Waals surface area contributed by atoms with E-state index in [1.807, 2.05) is 55.5 Å². The molecule has 0 bridgehead atoms. The van der Waals surface area contributed by atoms with Crippen LogP contribution in [0.25, 0.3) is 0 Å². The average Bonchev–Trinajstić information content (AvgIpc) is 2.81. The molecule has 32 heavy (non-hydrogen) atoms. The largest absolute Gasteiger partial charge is 0.493 e. The van der Waals surface area contributed by atoms with Crippen molar-refractivity contribution in [3.05, 3.63) is 59.7 Å². The molecule has 0 radical (unpaired) electrons. The third kappa shape index (κ3) is 7.29. The van der Waals surface area contributed by atoms with Crippen LogP contribution in [0, 0.1) is 5.92 Å². The number of aryl methyl sites for hydroxylation is 1. The van der Waals surface area contributed by atoms with Crippen molar-refractivity contribution in [3.63, 3.8) is 0 Å². The van der Waals surface area contributed by atoms with Crippen molar-refractivity contribution in [3.8, 4) is 11.5 Å². The maximum atomic E-state index is 13.3. The van der Waals surface area contributed by atoms with Crippen LogP contribution >= 0.6 is 0 Å². The molecule has 0 fully saturated rings. The normalized spacial score (nSPS) is 11.7. The summed E-state index contributed by atoms with van der Waals surface area (Å²) in [6.45, 7) is 7.04. The molecule has 0 heterocycles. The minimum Gasteiger partial charge on any atom is -0.493 e. The lowest BCUT2D eigenvalue weighted by Crippen LogP contribution is -2.49. The number of methoxy groups -OCH3 is 2. The summed E-state index contributed by atoms with van der Waals surface area (Å²) in [5.41, 5.74) is 1.98. The highest BCUT2D eigenvalue weighted by Gasteiger charge is 2.28. The summed E-state index contributed by atoms with van der Waals surface area (Å²) >= 11 is 0. The van der Waals surface area contributed by atoms with Crippen LogP contribution < -0.4 is 14.8 Å². The van der Waals surface area contributed by atoms with Crippen LogP contribution in [0.1, 0.15) is 44.7 Å². The second-order valence-corrected chi connectivity index (χ2v) is 8.26. The fraction of sp³-hybridized carbons (Fsp3) is 0.462. The molecule has 1 atom stereocenters. The number of ether oxygens (including phenoxy) is 2. The number of hydrogen-bond donors (Lipinski definition) is 1. The van der Waals surface area contributed by atoms with Crippen molar-refractivity contribution in [2.24, 2.45) is 5.92 Å². The first-order valence-electron chi connectivity index (χ1n) is 11.2. The van der Waals surface area contributed by atoms with Gasteiger partial charge in [0.05, 0.1) is 14.2 Å². The molecule has 1 N–H and O–H groups in total. The Hall–Kier alpha value is -3.02. The highest BCUT2D eigenvalue weighted by molar-refractivity contribution is 5.87. The molecule has 0 saturated carbocycles.